The molecule has 0 bridgehead atoms. The van der Waals surface area contributed by atoms with E-state index in [0.717, 1.165) is 0 Å². The highest BCUT2D eigenvalue weighted by Crippen LogP contribution is 2.33. The van der Waals surface area contributed by atoms with Crippen LogP contribution >= 0.6 is 0 Å². The smallest absolute Gasteiger partial charge is 0.271 e. The molecule has 14 heavy (non-hydrogen) atoms. The topological polar surface area (TPSA) is 90.8 Å². The predicted molar refractivity (Wildman–Crippen MR) is 49.9 cm³/mol. The summed E-state index contributed by atoms with van der Waals surface area (Å²) in [4.78, 5) is 13.9. The Morgan fingerprint density at radius 3 is 3.07 bits per heavy atom. The summed E-state index contributed by atoms with van der Waals surface area (Å²) < 4.78 is 5.19. The van der Waals surface area contributed by atoms with Crippen molar-refractivity contribution in [2.24, 2.45) is 10.7 Å². The largest absolute Gasteiger partial charge is 0.483 e. The van der Waals surface area contributed by atoms with Crippen molar-refractivity contribution in [2.75, 3.05) is 6.61 Å². The van der Waals surface area contributed by atoms with E-state index in [1.165, 1.54) is 18.2 Å². The molecule has 0 radical (unpaired) electrons. The van der Waals surface area contributed by atoms with E-state index in [2.05, 4.69) is 4.99 Å². The monoisotopic (exact) mass is 193 g/mol. The highest BCUT2D eigenvalue weighted by atomic mass is 16.6. The Morgan fingerprint density at radius 1 is 1.57 bits per heavy atom. The lowest BCUT2D eigenvalue weighted by molar-refractivity contribution is -0.384. The number of non-ortho nitro benzene ring substituents is 1. The molecular formula is C8H7N3O3. The van der Waals surface area contributed by atoms with Crippen LogP contribution in [0.4, 0.5) is 11.4 Å². The van der Waals surface area contributed by atoms with Gasteiger partial charge in [0.1, 0.15) is 23.9 Å². The van der Waals surface area contributed by atoms with Gasteiger partial charge in [0.05, 0.1) is 4.92 Å². The van der Waals surface area contributed by atoms with Crippen LogP contribution in [0.25, 0.3) is 0 Å². The van der Waals surface area contributed by atoms with Crippen LogP contribution in [-0.2, 0) is 0 Å². The van der Waals surface area contributed by atoms with Crippen LogP contribution in [-0.4, -0.2) is 17.4 Å². The van der Waals surface area contributed by atoms with Crippen LogP contribution in [0, 0.1) is 10.1 Å². The number of nitrogens with zero attached hydrogens (tertiary/aromatic N) is 2. The first kappa shape index (κ1) is 8.49. The van der Waals surface area contributed by atoms with Gasteiger partial charge in [-0.1, -0.05) is 0 Å². The number of fused-ring (bicyclic) bond motifs is 1. The number of nitrogens with two attached hydrogens (primary N) is 1. The maximum absolute atomic E-state index is 10.5. The zero-order valence-electron chi connectivity index (χ0n) is 7.14. The number of benzene rings is 1. The average molecular weight is 193 g/mol. The Hall–Kier alpha value is -2.11. The second-order valence-electron chi connectivity index (χ2n) is 2.80. The van der Waals surface area contributed by atoms with E-state index in [9.17, 15) is 10.1 Å². The first-order valence-electron chi connectivity index (χ1n) is 3.91. The minimum Gasteiger partial charge on any atom is -0.483 e. The Bertz CT molecular complexity index is 428. The standard InChI is InChI=1S/C8H7N3O3/c9-8-4-14-7-2-1-5(11(12)13)3-6(7)10-8/h1-3H,4H2,(H2,9,10). The fourth-order valence-electron chi connectivity index (χ4n) is 1.17. The van der Waals surface area contributed by atoms with Crippen LogP contribution in [0.15, 0.2) is 23.2 Å². The molecule has 72 valence electrons. The van der Waals surface area contributed by atoms with Crippen molar-refractivity contribution in [2.45, 2.75) is 0 Å². The van der Waals surface area contributed by atoms with Gasteiger partial charge in [0, 0.05) is 12.1 Å². The van der Waals surface area contributed by atoms with Gasteiger partial charge < -0.3 is 10.5 Å². The summed E-state index contributed by atoms with van der Waals surface area (Å²) in [6, 6.07) is 4.22. The molecule has 0 saturated heterocycles. The third-order valence-electron chi connectivity index (χ3n) is 1.79. The quantitative estimate of drug-likeness (QED) is 0.531. The third-order valence-corrected chi connectivity index (χ3v) is 1.79. The van der Waals surface area contributed by atoms with Crippen LogP contribution in [0.3, 0.4) is 0 Å². The zero-order valence-corrected chi connectivity index (χ0v) is 7.14. The van der Waals surface area contributed by atoms with Gasteiger partial charge in [-0.15, -0.1) is 0 Å². The lowest BCUT2D eigenvalue weighted by atomic mass is 10.2. The molecule has 0 atom stereocenters. The summed E-state index contributed by atoms with van der Waals surface area (Å²) in [5, 5.41) is 10.5. The summed E-state index contributed by atoms with van der Waals surface area (Å²) in [5.74, 6) is 0.836. The molecule has 1 aromatic carbocycles. The van der Waals surface area contributed by atoms with Gasteiger partial charge in [0.2, 0.25) is 0 Å². The fourth-order valence-corrected chi connectivity index (χ4v) is 1.17. The van der Waals surface area contributed by atoms with E-state index < -0.39 is 4.92 Å². The number of nitro benzene ring substituents is 1. The van der Waals surface area contributed by atoms with E-state index in [0.29, 0.717) is 17.3 Å². The summed E-state index contributed by atoms with van der Waals surface area (Å²) in [7, 11) is 0. The number of hydrogen-bond acceptors (Lipinski definition) is 5. The van der Waals surface area contributed by atoms with Crippen LogP contribution in [0.5, 0.6) is 5.75 Å². The number of rotatable bonds is 1. The Balaban J connectivity index is 2.49. The highest BCUT2D eigenvalue weighted by Gasteiger charge is 2.15. The molecule has 0 aromatic heterocycles. The molecule has 1 aliphatic rings. The third kappa shape index (κ3) is 1.37. The molecule has 1 aromatic rings. The first-order chi connectivity index (χ1) is 6.66. The highest BCUT2D eigenvalue weighted by molar-refractivity contribution is 5.87. The maximum atomic E-state index is 10.5. The molecule has 0 spiro atoms. The number of aliphatic imine (C=N–C) groups is 1. The van der Waals surface area contributed by atoms with Crippen molar-refractivity contribution >= 4 is 17.2 Å². The lowest BCUT2D eigenvalue weighted by Gasteiger charge is -2.13. The van der Waals surface area contributed by atoms with Crippen LogP contribution < -0.4 is 10.5 Å². The molecule has 1 heterocycles. The van der Waals surface area contributed by atoms with E-state index in [-0.39, 0.29) is 12.3 Å². The van der Waals surface area contributed by atoms with Gasteiger partial charge in [-0.25, -0.2) is 4.99 Å². The van der Waals surface area contributed by atoms with Gasteiger partial charge in [0.15, 0.2) is 0 Å². The number of amidine groups is 1. The average Bonchev–Trinajstić information content (AvgIpc) is 2.16. The summed E-state index contributed by atoms with van der Waals surface area (Å²) in [6.45, 7) is 0.227. The maximum Gasteiger partial charge on any atom is 0.271 e. The SMILES string of the molecule is NC1=Nc2cc([N+](=O)[O-])ccc2OC1. The normalized spacial score (nSPS) is 13.9. The van der Waals surface area contributed by atoms with E-state index in [1.807, 2.05) is 0 Å². The molecule has 2 rings (SSSR count). The van der Waals surface area contributed by atoms with Crippen molar-refractivity contribution in [3.63, 3.8) is 0 Å². The van der Waals surface area contributed by atoms with E-state index in [4.69, 9.17) is 10.5 Å². The van der Waals surface area contributed by atoms with Gasteiger partial charge in [-0.3, -0.25) is 10.1 Å². The zero-order chi connectivity index (χ0) is 10.1. The van der Waals surface area contributed by atoms with Gasteiger partial charge in [-0.2, -0.15) is 0 Å². The molecule has 0 fully saturated rings. The summed E-state index contributed by atoms with van der Waals surface area (Å²) >= 11 is 0. The Kier molecular flexibility index (Phi) is 1.81. The molecule has 0 unspecified atom stereocenters. The molecule has 6 nitrogen and oxygen atoms in total. The van der Waals surface area contributed by atoms with Crippen LogP contribution in [0.1, 0.15) is 0 Å². The minimum atomic E-state index is -0.486. The minimum absolute atomic E-state index is 0.0224. The van der Waals surface area contributed by atoms with Crippen molar-refractivity contribution < 1.29 is 9.66 Å². The molecule has 0 saturated carbocycles. The van der Waals surface area contributed by atoms with Crippen molar-refractivity contribution in [3.8, 4) is 5.75 Å². The van der Waals surface area contributed by atoms with Gasteiger partial charge in [-0.05, 0) is 6.07 Å². The second-order valence-corrected chi connectivity index (χ2v) is 2.80. The van der Waals surface area contributed by atoms with Crippen LogP contribution in [0.2, 0.25) is 0 Å². The lowest BCUT2D eigenvalue weighted by Crippen LogP contribution is -2.23. The Labute approximate surface area is 79.2 Å². The Morgan fingerprint density at radius 2 is 2.36 bits per heavy atom. The van der Waals surface area contributed by atoms with E-state index >= 15 is 0 Å². The molecule has 0 aliphatic carbocycles. The number of hydrogen-bond donors (Lipinski definition) is 1. The van der Waals surface area contributed by atoms with Crippen molar-refractivity contribution in [3.05, 3.63) is 28.3 Å². The molecule has 0 amide bonds. The van der Waals surface area contributed by atoms with Gasteiger partial charge >= 0.3 is 0 Å². The summed E-state index contributed by atoms with van der Waals surface area (Å²) in [6.07, 6.45) is 0. The van der Waals surface area contributed by atoms with E-state index in [1.54, 1.807) is 0 Å². The number of ether oxygens (including phenoxy) is 1. The van der Waals surface area contributed by atoms with Crippen molar-refractivity contribution in [1.82, 2.24) is 0 Å². The molecule has 2 N–H and O–H groups in total. The van der Waals surface area contributed by atoms with Gasteiger partial charge in [0.25, 0.3) is 5.69 Å². The predicted octanol–water partition coefficient (Wildman–Crippen LogP) is 0.976. The molecule has 1 aliphatic heterocycles. The summed E-state index contributed by atoms with van der Waals surface area (Å²) in [5.41, 5.74) is 5.81. The first-order valence-corrected chi connectivity index (χ1v) is 3.91. The number of nitro groups is 1. The van der Waals surface area contributed by atoms with Crippen molar-refractivity contribution in [1.29, 1.82) is 0 Å². The second kappa shape index (κ2) is 2.99. The molecular weight excluding hydrogens is 186 g/mol. The fraction of sp³-hybridized carbons (Fsp3) is 0.125. The molecule has 6 heteroatoms.